The summed E-state index contributed by atoms with van der Waals surface area (Å²) in [6.07, 6.45) is 2.10. The monoisotopic (exact) mass is 133 g/mol. The third kappa shape index (κ3) is 4.80. The summed E-state index contributed by atoms with van der Waals surface area (Å²) in [5.41, 5.74) is 0. The Balaban J connectivity index is 3.32. The van der Waals surface area contributed by atoms with E-state index in [9.17, 15) is 9.18 Å². The first kappa shape index (κ1) is 7.94. The van der Waals surface area contributed by atoms with Crippen LogP contribution in [0.3, 0.4) is 0 Å². The van der Waals surface area contributed by atoms with Gasteiger partial charge in [0.15, 0.2) is 0 Å². The van der Waals surface area contributed by atoms with Crippen molar-refractivity contribution in [1.29, 1.82) is 0 Å². The zero-order valence-corrected chi connectivity index (χ0v) is 5.06. The number of nitrogens with one attached hydrogen (secondary N) is 1. The second-order valence-corrected chi connectivity index (χ2v) is 1.19. The summed E-state index contributed by atoms with van der Waals surface area (Å²) in [4.78, 5) is 10.3. The normalized spacial score (nSPS) is 9.56. The quantitative estimate of drug-likeness (QED) is 0.441. The van der Waals surface area contributed by atoms with Gasteiger partial charge in [-0.2, -0.15) is 0 Å². The maximum atomic E-state index is 11.1. The number of alkyl halides is 1. The van der Waals surface area contributed by atoms with Gasteiger partial charge in [-0.15, -0.1) is 0 Å². The third-order valence-electron chi connectivity index (χ3n) is 0.625. The molecule has 0 aromatic rings. The molecule has 0 aromatic carbocycles. The molecule has 0 saturated carbocycles. The van der Waals surface area contributed by atoms with Crippen molar-refractivity contribution >= 4 is 5.91 Å². The molecule has 9 heavy (non-hydrogen) atoms. The first-order valence-corrected chi connectivity index (χ1v) is 2.37. The second-order valence-electron chi connectivity index (χ2n) is 1.19. The standard InChI is InChI=1S/C5H8FNO2/c1-7-5(8)2-3-9-4-6/h2-3H,4H2,1H3,(H,7,8)/b3-2+. The van der Waals surface area contributed by atoms with Gasteiger partial charge >= 0.3 is 0 Å². The van der Waals surface area contributed by atoms with E-state index >= 15 is 0 Å². The predicted molar refractivity (Wildman–Crippen MR) is 30.3 cm³/mol. The molecule has 0 aliphatic carbocycles. The van der Waals surface area contributed by atoms with Crippen molar-refractivity contribution in [2.24, 2.45) is 0 Å². The predicted octanol–water partition coefficient (Wildman–Crippen LogP) is 0.190. The Bertz CT molecular complexity index is 114. The molecule has 0 spiro atoms. The molecule has 0 unspecified atom stereocenters. The van der Waals surface area contributed by atoms with E-state index in [0.717, 1.165) is 12.3 Å². The van der Waals surface area contributed by atoms with Crippen molar-refractivity contribution in [3.63, 3.8) is 0 Å². The molecule has 0 bridgehead atoms. The molecule has 52 valence electrons. The molecule has 0 aliphatic heterocycles. The molecule has 0 rings (SSSR count). The van der Waals surface area contributed by atoms with E-state index in [4.69, 9.17) is 0 Å². The van der Waals surface area contributed by atoms with Crippen LogP contribution in [0.5, 0.6) is 0 Å². The van der Waals surface area contributed by atoms with Gasteiger partial charge in [0.05, 0.1) is 6.26 Å². The van der Waals surface area contributed by atoms with Crippen molar-refractivity contribution in [1.82, 2.24) is 5.32 Å². The van der Waals surface area contributed by atoms with Gasteiger partial charge in [-0.3, -0.25) is 4.79 Å². The Kier molecular flexibility index (Phi) is 4.49. The van der Waals surface area contributed by atoms with Crippen LogP contribution in [0.25, 0.3) is 0 Å². The molecule has 0 aromatic heterocycles. The van der Waals surface area contributed by atoms with Gasteiger partial charge < -0.3 is 10.1 Å². The highest BCUT2D eigenvalue weighted by atomic mass is 19.1. The number of rotatable bonds is 3. The Morgan fingerprint density at radius 1 is 1.89 bits per heavy atom. The molecule has 1 N–H and O–H groups in total. The van der Waals surface area contributed by atoms with Crippen LogP contribution in [-0.4, -0.2) is 19.8 Å². The molecule has 0 atom stereocenters. The minimum atomic E-state index is -0.909. The Morgan fingerprint density at radius 3 is 3.00 bits per heavy atom. The first-order valence-electron chi connectivity index (χ1n) is 2.37. The number of amides is 1. The minimum Gasteiger partial charge on any atom is -0.470 e. The molecular weight excluding hydrogens is 125 g/mol. The lowest BCUT2D eigenvalue weighted by Gasteiger charge is -1.89. The molecule has 4 heteroatoms. The number of ether oxygens (including phenoxy) is 1. The average Bonchev–Trinajstić information content (AvgIpc) is 1.89. The van der Waals surface area contributed by atoms with Crippen LogP contribution in [0.15, 0.2) is 12.3 Å². The van der Waals surface area contributed by atoms with Crippen LogP contribution in [-0.2, 0) is 9.53 Å². The summed E-state index contributed by atoms with van der Waals surface area (Å²) in [7, 11) is 1.47. The lowest BCUT2D eigenvalue weighted by Crippen LogP contribution is -2.14. The molecule has 0 saturated heterocycles. The first-order chi connectivity index (χ1) is 4.31. The van der Waals surface area contributed by atoms with Crippen LogP contribution < -0.4 is 5.32 Å². The van der Waals surface area contributed by atoms with E-state index in [1.807, 2.05) is 0 Å². The van der Waals surface area contributed by atoms with Crippen LogP contribution in [0.1, 0.15) is 0 Å². The van der Waals surface area contributed by atoms with Gasteiger partial charge in [0.1, 0.15) is 0 Å². The molecule has 0 radical (unpaired) electrons. The van der Waals surface area contributed by atoms with Crippen LogP contribution >= 0.6 is 0 Å². The van der Waals surface area contributed by atoms with E-state index in [1.54, 1.807) is 0 Å². The van der Waals surface area contributed by atoms with Crippen molar-refractivity contribution in [2.45, 2.75) is 0 Å². The number of halogens is 1. The van der Waals surface area contributed by atoms with Crippen LogP contribution in [0.2, 0.25) is 0 Å². The van der Waals surface area contributed by atoms with E-state index in [0.29, 0.717) is 0 Å². The summed E-state index contributed by atoms with van der Waals surface area (Å²) in [6, 6.07) is 0. The van der Waals surface area contributed by atoms with Crippen molar-refractivity contribution < 1.29 is 13.9 Å². The average molecular weight is 133 g/mol. The smallest absolute Gasteiger partial charge is 0.246 e. The van der Waals surface area contributed by atoms with E-state index < -0.39 is 6.86 Å². The zero-order valence-electron chi connectivity index (χ0n) is 5.06. The third-order valence-corrected chi connectivity index (χ3v) is 0.625. The van der Waals surface area contributed by atoms with Crippen molar-refractivity contribution in [2.75, 3.05) is 13.9 Å². The number of carbonyl (C=O) groups is 1. The van der Waals surface area contributed by atoms with Crippen molar-refractivity contribution in [3.8, 4) is 0 Å². The molecule has 0 aliphatic rings. The van der Waals surface area contributed by atoms with E-state index in [-0.39, 0.29) is 5.91 Å². The second kappa shape index (κ2) is 5.08. The van der Waals surface area contributed by atoms with Gasteiger partial charge in [0.25, 0.3) is 0 Å². The fraction of sp³-hybridized carbons (Fsp3) is 0.400. The number of hydrogen-bond donors (Lipinski definition) is 1. The van der Waals surface area contributed by atoms with Gasteiger partial charge in [-0.05, 0) is 0 Å². The summed E-state index contributed by atoms with van der Waals surface area (Å²) in [5.74, 6) is -0.316. The van der Waals surface area contributed by atoms with E-state index in [1.165, 1.54) is 7.05 Å². The van der Waals surface area contributed by atoms with Crippen LogP contribution in [0, 0.1) is 0 Å². The van der Waals surface area contributed by atoms with Gasteiger partial charge in [-0.1, -0.05) is 0 Å². The molecule has 3 nitrogen and oxygen atoms in total. The molecular formula is C5H8FNO2. The Hall–Kier alpha value is -1.06. The largest absolute Gasteiger partial charge is 0.470 e. The highest BCUT2D eigenvalue weighted by Crippen LogP contribution is 1.76. The van der Waals surface area contributed by atoms with Gasteiger partial charge in [0, 0.05) is 13.1 Å². The van der Waals surface area contributed by atoms with E-state index in [2.05, 4.69) is 10.1 Å². The fourth-order valence-electron chi connectivity index (χ4n) is 0.230. The summed E-state index contributed by atoms with van der Waals surface area (Å²) >= 11 is 0. The van der Waals surface area contributed by atoms with Gasteiger partial charge in [0.2, 0.25) is 12.8 Å². The summed E-state index contributed by atoms with van der Waals surface area (Å²) < 4.78 is 15.2. The highest BCUT2D eigenvalue weighted by molar-refractivity contribution is 5.86. The number of likely N-dealkylation sites (N-methyl/N-ethyl adjacent to an activating group) is 1. The Morgan fingerprint density at radius 2 is 2.56 bits per heavy atom. The maximum Gasteiger partial charge on any atom is 0.246 e. The number of carbonyl (C=O) groups excluding carboxylic acids is 1. The Labute approximate surface area is 52.5 Å². The summed E-state index contributed by atoms with van der Waals surface area (Å²) in [5, 5.41) is 2.30. The lowest BCUT2D eigenvalue weighted by molar-refractivity contribution is -0.116. The van der Waals surface area contributed by atoms with Crippen LogP contribution in [0.4, 0.5) is 4.39 Å². The zero-order chi connectivity index (χ0) is 7.11. The summed E-state index contributed by atoms with van der Waals surface area (Å²) in [6.45, 7) is -0.909. The minimum absolute atomic E-state index is 0.316. The molecule has 0 heterocycles. The number of hydrogen-bond acceptors (Lipinski definition) is 2. The van der Waals surface area contributed by atoms with Gasteiger partial charge in [-0.25, -0.2) is 4.39 Å². The molecule has 0 fully saturated rings. The lowest BCUT2D eigenvalue weighted by atomic mass is 10.6. The highest BCUT2D eigenvalue weighted by Gasteiger charge is 1.85. The topological polar surface area (TPSA) is 38.3 Å². The molecule has 1 amide bonds. The fourth-order valence-corrected chi connectivity index (χ4v) is 0.230. The SMILES string of the molecule is CNC(=O)/C=C/OCF. The van der Waals surface area contributed by atoms with Crippen molar-refractivity contribution in [3.05, 3.63) is 12.3 Å². The maximum absolute atomic E-state index is 11.1.